The first-order valence-corrected chi connectivity index (χ1v) is 18.7. The Bertz CT molecular complexity index is 1780. The van der Waals surface area contributed by atoms with Gasteiger partial charge < -0.3 is 19.3 Å². The number of unbranched alkanes of at least 4 members (excludes halogenated alkanes) is 3. The number of halogens is 1. The first-order valence-electron chi connectivity index (χ1n) is 16.5. The molecule has 0 aliphatic carbocycles. The van der Waals surface area contributed by atoms with Crippen molar-refractivity contribution in [2.45, 2.75) is 69.0 Å². The number of aliphatic hydroxyl groups excluding tert-OH is 1. The van der Waals surface area contributed by atoms with Gasteiger partial charge in [-0.05, 0) is 73.4 Å². The predicted molar refractivity (Wildman–Crippen MR) is 195 cm³/mol. The summed E-state index contributed by atoms with van der Waals surface area (Å²) in [6.45, 7) is 7.58. The van der Waals surface area contributed by atoms with Crippen molar-refractivity contribution in [1.82, 2.24) is 10.2 Å². The lowest BCUT2D eigenvalue weighted by molar-refractivity contribution is -0.132. The van der Waals surface area contributed by atoms with Gasteiger partial charge in [0.2, 0.25) is 5.13 Å². The lowest BCUT2D eigenvalue weighted by Gasteiger charge is -2.23. The molecule has 0 radical (unpaired) electrons. The Labute approximate surface area is 300 Å². The van der Waals surface area contributed by atoms with Crippen molar-refractivity contribution in [2.75, 3.05) is 24.7 Å². The Balaban J connectivity index is 1.53. The van der Waals surface area contributed by atoms with Crippen LogP contribution in [-0.4, -0.2) is 46.8 Å². The van der Waals surface area contributed by atoms with Crippen molar-refractivity contribution >= 4 is 57.3 Å². The van der Waals surface area contributed by atoms with Crippen LogP contribution < -0.4 is 19.1 Å². The lowest BCUT2D eigenvalue weighted by Crippen LogP contribution is -2.29. The fraction of sp³-hybridized carbons (Fsp3) is 0.351. The van der Waals surface area contributed by atoms with Gasteiger partial charge >= 0.3 is 5.91 Å². The van der Waals surface area contributed by atoms with Crippen molar-refractivity contribution in [1.29, 1.82) is 0 Å². The zero-order chi connectivity index (χ0) is 34.8. The van der Waals surface area contributed by atoms with Gasteiger partial charge in [0.05, 0.1) is 31.4 Å². The number of rotatable bonds is 17. The number of anilines is 1. The third-order valence-corrected chi connectivity index (χ3v) is 10.3. The van der Waals surface area contributed by atoms with Crippen LogP contribution in [0, 0.1) is 0 Å². The molecule has 5 rings (SSSR count). The summed E-state index contributed by atoms with van der Waals surface area (Å²) in [6, 6.07) is 18.7. The molecule has 1 N–H and O–H groups in total. The second-order valence-corrected chi connectivity index (χ2v) is 13.9. The van der Waals surface area contributed by atoms with Gasteiger partial charge in [-0.25, -0.2) is 0 Å². The monoisotopic (exact) mass is 721 g/mol. The molecule has 1 atom stereocenters. The SMILES string of the molecule is CCCCCOc1ccc(C2/C(=C(/O)c3ccc(OCCCC)cc3)C(=O)C(=O)N2c2nnc(SCc3ccccc3Cl)s2)cc1OCC. The Hall–Kier alpha value is -4.06. The molecule has 12 heteroatoms. The first-order chi connectivity index (χ1) is 23.9. The zero-order valence-electron chi connectivity index (χ0n) is 27.8. The Morgan fingerprint density at radius 1 is 0.898 bits per heavy atom. The van der Waals surface area contributed by atoms with E-state index in [-0.39, 0.29) is 16.5 Å². The van der Waals surface area contributed by atoms with Crippen molar-refractivity contribution in [3.63, 3.8) is 0 Å². The van der Waals surface area contributed by atoms with Crippen LogP contribution in [0.4, 0.5) is 5.13 Å². The van der Waals surface area contributed by atoms with Gasteiger partial charge in [0.25, 0.3) is 5.78 Å². The molecule has 1 aliphatic heterocycles. The highest BCUT2D eigenvalue weighted by Crippen LogP contribution is 2.46. The number of carbonyl (C=O) groups is 2. The second-order valence-electron chi connectivity index (χ2n) is 11.3. The summed E-state index contributed by atoms with van der Waals surface area (Å²) in [7, 11) is 0. The van der Waals surface area contributed by atoms with E-state index in [4.69, 9.17) is 25.8 Å². The Morgan fingerprint density at radius 3 is 2.39 bits per heavy atom. The number of ketones is 1. The molecule has 0 bridgehead atoms. The molecular weight excluding hydrogens is 682 g/mol. The van der Waals surface area contributed by atoms with Crippen LogP contribution in [-0.2, 0) is 15.3 Å². The molecule has 258 valence electrons. The van der Waals surface area contributed by atoms with Gasteiger partial charge in [0, 0.05) is 16.3 Å². The molecule has 4 aromatic rings. The molecule has 49 heavy (non-hydrogen) atoms. The molecule has 1 saturated heterocycles. The number of thioether (sulfide) groups is 1. The minimum absolute atomic E-state index is 0.0656. The number of aromatic nitrogens is 2. The Morgan fingerprint density at radius 2 is 1.65 bits per heavy atom. The highest BCUT2D eigenvalue weighted by atomic mass is 35.5. The molecule has 1 unspecified atom stereocenters. The van der Waals surface area contributed by atoms with E-state index in [0.717, 1.165) is 37.7 Å². The quantitative estimate of drug-likeness (QED) is 0.0285. The molecule has 1 aliphatic rings. The fourth-order valence-electron chi connectivity index (χ4n) is 5.27. The van der Waals surface area contributed by atoms with Crippen molar-refractivity contribution in [2.24, 2.45) is 0 Å². The molecule has 1 fully saturated rings. The lowest BCUT2D eigenvalue weighted by atomic mass is 9.95. The van der Waals surface area contributed by atoms with Gasteiger partial charge in [0.15, 0.2) is 15.8 Å². The maximum absolute atomic E-state index is 13.8. The minimum Gasteiger partial charge on any atom is -0.507 e. The minimum atomic E-state index is -1.01. The number of benzene rings is 3. The van der Waals surface area contributed by atoms with Crippen molar-refractivity contribution in [3.05, 3.63) is 94.0 Å². The van der Waals surface area contributed by atoms with Crippen molar-refractivity contribution < 1.29 is 28.9 Å². The summed E-state index contributed by atoms with van der Waals surface area (Å²) in [5.41, 5.74) is 1.79. The number of hydrogen-bond acceptors (Lipinski definition) is 10. The third kappa shape index (κ3) is 8.76. The van der Waals surface area contributed by atoms with Crippen LogP contribution in [0.1, 0.15) is 75.6 Å². The molecule has 0 spiro atoms. The van der Waals surface area contributed by atoms with Gasteiger partial charge in [0.1, 0.15) is 11.5 Å². The average Bonchev–Trinajstić information content (AvgIpc) is 3.68. The summed E-state index contributed by atoms with van der Waals surface area (Å²) in [6.07, 6.45) is 4.94. The smallest absolute Gasteiger partial charge is 0.301 e. The number of Topliss-reactive ketones (excluding diaryl/α,β-unsaturated/α-hetero) is 1. The standard InChI is InChI=1S/C37H40ClN3O6S2/c1-4-7-11-21-47-29-19-16-25(22-30(29)45-6-3)32-31(33(42)24-14-17-27(18-15-24)46-20-8-5-2)34(43)35(44)41(32)36-39-40-37(49-36)48-23-26-12-9-10-13-28(26)38/h9-10,12-19,22,32,42H,4-8,11,20-21,23H2,1-3H3/b33-31-. The number of hydrogen-bond donors (Lipinski definition) is 1. The van der Waals surface area contributed by atoms with Crippen LogP contribution in [0.15, 0.2) is 76.6 Å². The van der Waals surface area contributed by atoms with E-state index in [1.807, 2.05) is 31.2 Å². The molecular formula is C37H40ClN3O6S2. The predicted octanol–water partition coefficient (Wildman–Crippen LogP) is 9.26. The Kier molecular flexibility index (Phi) is 13.0. The van der Waals surface area contributed by atoms with E-state index in [1.54, 1.807) is 42.5 Å². The van der Waals surface area contributed by atoms with E-state index in [1.165, 1.54) is 28.0 Å². The first kappa shape index (κ1) is 36.2. The van der Waals surface area contributed by atoms with E-state index in [0.29, 0.717) is 63.3 Å². The summed E-state index contributed by atoms with van der Waals surface area (Å²) in [4.78, 5) is 28.9. The number of nitrogens with zero attached hydrogens (tertiary/aromatic N) is 3. The van der Waals surface area contributed by atoms with Crippen molar-refractivity contribution in [3.8, 4) is 17.2 Å². The van der Waals surface area contributed by atoms with Crippen LogP contribution >= 0.6 is 34.7 Å². The number of aliphatic hydroxyl groups is 1. The van der Waals surface area contributed by atoms with E-state index in [2.05, 4.69) is 24.0 Å². The second kappa shape index (κ2) is 17.6. The maximum atomic E-state index is 13.8. The van der Waals surface area contributed by atoms with Gasteiger partial charge in [-0.3, -0.25) is 14.5 Å². The largest absolute Gasteiger partial charge is 0.507 e. The molecule has 3 aromatic carbocycles. The summed E-state index contributed by atoms with van der Waals surface area (Å²) < 4.78 is 18.4. The van der Waals surface area contributed by atoms with Crippen LogP contribution in [0.3, 0.4) is 0 Å². The number of amides is 1. The number of carbonyl (C=O) groups excluding carboxylic acids is 2. The summed E-state index contributed by atoms with van der Waals surface area (Å²) in [5, 5.41) is 21.2. The van der Waals surface area contributed by atoms with Gasteiger partial charge in [-0.2, -0.15) is 0 Å². The van der Waals surface area contributed by atoms with E-state index >= 15 is 0 Å². The molecule has 1 amide bonds. The van der Waals surface area contributed by atoms with Gasteiger partial charge in [-0.15, -0.1) is 10.2 Å². The highest BCUT2D eigenvalue weighted by molar-refractivity contribution is 8.00. The van der Waals surface area contributed by atoms with Crippen LogP contribution in [0.25, 0.3) is 5.76 Å². The highest BCUT2D eigenvalue weighted by Gasteiger charge is 2.48. The van der Waals surface area contributed by atoms with Crippen LogP contribution in [0.5, 0.6) is 17.2 Å². The molecule has 1 aromatic heterocycles. The summed E-state index contributed by atoms with van der Waals surface area (Å²) in [5.74, 6) is 0.281. The number of ether oxygens (including phenoxy) is 3. The molecule has 2 heterocycles. The van der Waals surface area contributed by atoms with Crippen LogP contribution in [0.2, 0.25) is 5.02 Å². The topological polar surface area (TPSA) is 111 Å². The van der Waals surface area contributed by atoms with E-state index < -0.39 is 17.7 Å². The normalized spacial score (nSPS) is 15.5. The fourth-order valence-corrected chi connectivity index (χ4v) is 7.43. The van der Waals surface area contributed by atoms with E-state index in [9.17, 15) is 14.7 Å². The zero-order valence-corrected chi connectivity index (χ0v) is 30.2. The maximum Gasteiger partial charge on any atom is 0.301 e. The third-order valence-electron chi connectivity index (χ3n) is 7.84. The average molecular weight is 722 g/mol. The summed E-state index contributed by atoms with van der Waals surface area (Å²) >= 11 is 8.97. The molecule has 9 nitrogen and oxygen atoms in total. The van der Waals surface area contributed by atoms with Gasteiger partial charge in [-0.1, -0.05) is 92.1 Å². The molecule has 0 saturated carbocycles.